The van der Waals surface area contributed by atoms with Crippen LogP contribution in [0.3, 0.4) is 0 Å². The number of aliphatic hydroxyl groups is 1. The van der Waals surface area contributed by atoms with E-state index in [-0.39, 0.29) is 24.2 Å². The Hall–Kier alpha value is -1.42. The van der Waals surface area contributed by atoms with Crippen LogP contribution in [-0.2, 0) is 6.61 Å². The quantitative estimate of drug-likeness (QED) is 0.826. The van der Waals surface area contributed by atoms with Crippen molar-refractivity contribution in [2.75, 3.05) is 0 Å². The molecule has 2 rings (SSSR count). The molecule has 0 atom stereocenters. The molecular formula is C11H12FNO2. The number of aliphatic hydroxyl groups excluding tert-OH is 1. The van der Waals surface area contributed by atoms with Gasteiger partial charge in [0.05, 0.1) is 0 Å². The minimum atomic E-state index is -0.282. The summed E-state index contributed by atoms with van der Waals surface area (Å²) in [4.78, 5) is 3.94. The van der Waals surface area contributed by atoms with Gasteiger partial charge < -0.3 is 9.52 Å². The number of aromatic nitrogens is 1. The minimum Gasteiger partial charge on any atom is -0.438 e. The number of oxazole rings is 1. The van der Waals surface area contributed by atoms with E-state index >= 15 is 0 Å². The molecule has 0 spiro atoms. The Kier molecular flexibility index (Phi) is 2.44. The molecule has 1 aromatic heterocycles. The van der Waals surface area contributed by atoms with Gasteiger partial charge in [-0.05, 0) is 17.5 Å². The highest BCUT2D eigenvalue weighted by Crippen LogP contribution is 2.25. The molecule has 80 valence electrons. The highest BCUT2D eigenvalue weighted by atomic mass is 19.1. The molecule has 1 N–H and O–H groups in total. The first-order valence-electron chi connectivity index (χ1n) is 4.81. The van der Waals surface area contributed by atoms with Gasteiger partial charge in [0, 0.05) is 6.07 Å². The number of hydrogen-bond donors (Lipinski definition) is 1. The molecule has 1 aromatic carbocycles. The minimum absolute atomic E-state index is 0.0945. The van der Waals surface area contributed by atoms with E-state index in [0.29, 0.717) is 16.7 Å². The molecule has 0 saturated carbocycles. The number of nitrogens with zero attached hydrogens (tertiary/aromatic N) is 1. The topological polar surface area (TPSA) is 46.3 Å². The van der Waals surface area contributed by atoms with E-state index < -0.39 is 0 Å². The predicted molar refractivity (Wildman–Crippen MR) is 54.0 cm³/mol. The van der Waals surface area contributed by atoms with Crippen LogP contribution in [0.2, 0.25) is 0 Å². The fourth-order valence-corrected chi connectivity index (χ4v) is 1.52. The highest BCUT2D eigenvalue weighted by Gasteiger charge is 2.12. The van der Waals surface area contributed by atoms with Gasteiger partial charge >= 0.3 is 0 Å². The summed E-state index contributed by atoms with van der Waals surface area (Å²) in [6.07, 6.45) is 0. The average Bonchev–Trinajstić information content (AvgIpc) is 2.58. The molecule has 2 aromatic rings. The van der Waals surface area contributed by atoms with Crippen LogP contribution in [0.15, 0.2) is 16.5 Å². The van der Waals surface area contributed by atoms with E-state index in [2.05, 4.69) is 4.98 Å². The lowest BCUT2D eigenvalue weighted by atomic mass is 10.0. The lowest BCUT2D eigenvalue weighted by Gasteiger charge is -2.05. The largest absolute Gasteiger partial charge is 0.438 e. The molecule has 0 saturated heterocycles. The van der Waals surface area contributed by atoms with Gasteiger partial charge in [0.15, 0.2) is 5.58 Å². The van der Waals surface area contributed by atoms with Gasteiger partial charge in [-0.1, -0.05) is 13.8 Å². The first-order chi connectivity index (χ1) is 7.11. The van der Waals surface area contributed by atoms with Gasteiger partial charge in [-0.15, -0.1) is 0 Å². The Balaban J connectivity index is 2.63. The van der Waals surface area contributed by atoms with Crippen LogP contribution in [0.1, 0.15) is 31.2 Å². The molecule has 0 amide bonds. The van der Waals surface area contributed by atoms with Gasteiger partial charge in [0.1, 0.15) is 17.9 Å². The van der Waals surface area contributed by atoms with Crippen LogP contribution < -0.4 is 0 Å². The molecule has 0 aliphatic heterocycles. The second-order valence-electron chi connectivity index (χ2n) is 3.76. The normalized spacial score (nSPS) is 11.5. The zero-order valence-electron chi connectivity index (χ0n) is 8.62. The summed E-state index contributed by atoms with van der Waals surface area (Å²) in [5.74, 6) is 0.0256. The third-order valence-electron chi connectivity index (χ3n) is 2.31. The Morgan fingerprint density at radius 2 is 2.20 bits per heavy atom. The fraction of sp³-hybridized carbons (Fsp3) is 0.364. The SMILES string of the molecule is CC(C)c1cc2oc(CO)nc2cc1F. The summed E-state index contributed by atoms with van der Waals surface area (Å²) < 4.78 is 18.8. The average molecular weight is 209 g/mol. The van der Waals surface area contributed by atoms with Crippen molar-refractivity contribution >= 4 is 11.1 Å². The van der Waals surface area contributed by atoms with Crippen LogP contribution >= 0.6 is 0 Å². The Morgan fingerprint density at radius 1 is 1.47 bits per heavy atom. The first-order valence-corrected chi connectivity index (χ1v) is 4.81. The number of benzene rings is 1. The van der Waals surface area contributed by atoms with Crippen LogP contribution in [0, 0.1) is 5.82 Å². The number of halogens is 1. The van der Waals surface area contributed by atoms with Crippen molar-refractivity contribution in [1.29, 1.82) is 0 Å². The molecule has 0 unspecified atom stereocenters. The van der Waals surface area contributed by atoms with Crippen LogP contribution in [0.4, 0.5) is 4.39 Å². The van der Waals surface area contributed by atoms with E-state index in [1.165, 1.54) is 6.07 Å². The van der Waals surface area contributed by atoms with Crippen molar-refractivity contribution in [1.82, 2.24) is 4.98 Å². The van der Waals surface area contributed by atoms with Gasteiger partial charge in [0.2, 0.25) is 5.89 Å². The van der Waals surface area contributed by atoms with E-state index in [0.717, 1.165) is 0 Å². The van der Waals surface area contributed by atoms with E-state index in [1.807, 2.05) is 13.8 Å². The third-order valence-corrected chi connectivity index (χ3v) is 2.31. The smallest absolute Gasteiger partial charge is 0.221 e. The van der Waals surface area contributed by atoms with E-state index in [4.69, 9.17) is 9.52 Å². The van der Waals surface area contributed by atoms with Gasteiger partial charge in [0.25, 0.3) is 0 Å². The lowest BCUT2D eigenvalue weighted by molar-refractivity contribution is 0.244. The molecule has 4 heteroatoms. The molecule has 3 nitrogen and oxygen atoms in total. The maximum absolute atomic E-state index is 13.5. The molecule has 15 heavy (non-hydrogen) atoms. The lowest BCUT2D eigenvalue weighted by Crippen LogP contribution is -1.92. The first kappa shape index (κ1) is 10.1. The second kappa shape index (κ2) is 3.62. The van der Waals surface area contributed by atoms with Crippen molar-refractivity contribution in [3.8, 4) is 0 Å². The van der Waals surface area contributed by atoms with Gasteiger partial charge in [-0.3, -0.25) is 0 Å². The summed E-state index contributed by atoms with van der Waals surface area (Å²) in [6.45, 7) is 3.55. The van der Waals surface area contributed by atoms with E-state index in [1.54, 1.807) is 6.07 Å². The van der Waals surface area contributed by atoms with Crippen molar-refractivity contribution in [2.45, 2.75) is 26.4 Å². The zero-order chi connectivity index (χ0) is 11.0. The molecule has 1 heterocycles. The van der Waals surface area contributed by atoms with Gasteiger partial charge in [-0.25, -0.2) is 9.37 Å². The van der Waals surface area contributed by atoms with Crippen LogP contribution in [0.5, 0.6) is 0 Å². The van der Waals surface area contributed by atoms with E-state index in [9.17, 15) is 4.39 Å². The molecule has 0 radical (unpaired) electrons. The standard InChI is InChI=1S/C11H12FNO2/c1-6(2)7-3-10-9(4-8(7)12)13-11(5-14)15-10/h3-4,6,14H,5H2,1-2H3. The Bertz CT molecular complexity index is 491. The molecule has 0 fully saturated rings. The summed E-state index contributed by atoms with van der Waals surface area (Å²) in [5.41, 5.74) is 1.56. The number of rotatable bonds is 2. The summed E-state index contributed by atoms with van der Waals surface area (Å²) >= 11 is 0. The molecule has 0 aliphatic rings. The van der Waals surface area contributed by atoms with Crippen LogP contribution in [-0.4, -0.2) is 10.1 Å². The fourth-order valence-electron chi connectivity index (χ4n) is 1.52. The van der Waals surface area contributed by atoms with Crippen molar-refractivity contribution < 1.29 is 13.9 Å². The summed E-state index contributed by atoms with van der Waals surface area (Å²) in [5, 5.41) is 8.84. The maximum atomic E-state index is 13.5. The third kappa shape index (κ3) is 1.72. The number of hydrogen-bond acceptors (Lipinski definition) is 3. The highest BCUT2D eigenvalue weighted by molar-refractivity contribution is 5.73. The second-order valence-corrected chi connectivity index (χ2v) is 3.76. The molecule has 0 bridgehead atoms. The Morgan fingerprint density at radius 3 is 2.80 bits per heavy atom. The molecule has 0 aliphatic carbocycles. The molecular weight excluding hydrogens is 197 g/mol. The number of fused-ring (bicyclic) bond motifs is 1. The van der Waals surface area contributed by atoms with Crippen molar-refractivity contribution in [2.24, 2.45) is 0 Å². The van der Waals surface area contributed by atoms with Gasteiger partial charge in [-0.2, -0.15) is 0 Å². The van der Waals surface area contributed by atoms with Crippen LogP contribution in [0.25, 0.3) is 11.1 Å². The Labute approximate surface area is 86.5 Å². The zero-order valence-corrected chi connectivity index (χ0v) is 8.62. The summed E-state index contributed by atoms with van der Waals surface area (Å²) in [7, 11) is 0. The van der Waals surface area contributed by atoms with Crippen molar-refractivity contribution in [3.05, 3.63) is 29.4 Å². The maximum Gasteiger partial charge on any atom is 0.221 e. The summed E-state index contributed by atoms with van der Waals surface area (Å²) in [6, 6.07) is 2.98. The van der Waals surface area contributed by atoms with Crippen molar-refractivity contribution in [3.63, 3.8) is 0 Å². The monoisotopic (exact) mass is 209 g/mol. The predicted octanol–water partition coefficient (Wildman–Crippen LogP) is 2.58.